The molecular weight excluding hydrogens is 330 g/mol. The Bertz CT molecular complexity index is 549. The first kappa shape index (κ1) is 18.1. The van der Waals surface area contributed by atoms with Crippen molar-refractivity contribution in [3.63, 3.8) is 0 Å². The normalized spacial score (nSPS) is 32.5. The van der Waals surface area contributed by atoms with Crippen LogP contribution in [0.2, 0.25) is 0 Å². The van der Waals surface area contributed by atoms with E-state index in [0.717, 1.165) is 45.4 Å². The highest BCUT2D eigenvalue weighted by atomic mass is 16.6. The Labute approximate surface area is 156 Å². The van der Waals surface area contributed by atoms with Gasteiger partial charge in [0.15, 0.2) is 0 Å². The number of piperidine rings is 1. The lowest BCUT2D eigenvalue weighted by Crippen LogP contribution is -2.56. The molecule has 0 N–H and O–H groups in total. The fourth-order valence-corrected chi connectivity index (χ4v) is 5.53. The molecule has 2 aliphatic carbocycles. The summed E-state index contributed by atoms with van der Waals surface area (Å²) >= 11 is 0. The predicted octanol–water partition coefficient (Wildman–Crippen LogP) is 2.47. The summed E-state index contributed by atoms with van der Waals surface area (Å²) in [4.78, 5) is 30.6. The number of likely N-dealkylation sites (tertiary alicyclic amines) is 2. The molecule has 6 heteroatoms. The van der Waals surface area contributed by atoms with Crippen LogP contribution < -0.4 is 0 Å². The third-order valence-corrected chi connectivity index (χ3v) is 7.01. The van der Waals surface area contributed by atoms with Crippen molar-refractivity contribution in [3.8, 4) is 0 Å². The molecule has 0 atom stereocenters. The van der Waals surface area contributed by atoms with Gasteiger partial charge < -0.3 is 19.4 Å². The molecule has 0 bridgehead atoms. The standard InChI is InChI=1S/C20H33N3O3/c1-3-26-19(25)22-11-8-20(14-22)12-18(13-20)21-9-6-17(7-10-21)23(15(2)24)16-4-5-16/h16-18H,3-14H2,1-2H3. The third kappa shape index (κ3) is 3.45. The van der Waals surface area contributed by atoms with E-state index in [1.807, 2.05) is 11.8 Å². The summed E-state index contributed by atoms with van der Waals surface area (Å²) in [5, 5.41) is 0. The van der Waals surface area contributed by atoms with Crippen LogP contribution >= 0.6 is 0 Å². The van der Waals surface area contributed by atoms with E-state index in [0.29, 0.717) is 30.1 Å². The van der Waals surface area contributed by atoms with Crippen LogP contribution in [0.3, 0.4) is 0 Å². The van der Waals surface area contributed by atoms with Gasteiger partial charge in [0.1, 0.15) is 0 Å². The van der Waals surface area contributed by atoms with Crippen LogP contribution in [0.15, 0.2) is 0 Å². The van der Waals surface area contributed by atoms with E-state index < -0.39 is 0 Å². The van der Waals surface area contributed by atoms with Gasteiger partial charge in [0.25, 0.3) is 0 Å². The van der Waals surface area contributed by atoms with Gasteiger partial charge in [0.2, 0.25) is 5.91 Å². The maximum atomic E-state index is 12.0. The van der Waals surface area contributed by atoms with E-state index in [9.17, 15) is 9.59 Å². The number of carbonyl (C=O) groups is 2. The van der Waals surface area contributed by atoms with Gasteiger partial charge in [-0.05, 0) is 57.3 Å². The third-order valence-electron chi connectivity index (χ3n) is 7.01. The highest BCUT2D eigenvalue weighted by molar-refractivity contribution is 5.74. The molecule has 4 rings (SSSR count). The topological polar surface area (TPSA) is 53.1 Å². The Morgan fingerprint density at radius 1 is 1.08 bits per heavy atom. The Morgan fingerprint density at radius 2 is 1.73 bits per heavy atom. The summed E-state index contributed by atoms with van der Waals surface area (Å²) in [7, 11) is 0. The van der Waals surface area contributed by atoms with Gasteiger partial charge >= 0.3 is 6.09 Å². The summed E-state index contributed by atoms with van der Waals surface area (Å²) in [6.45, 7) is 8.01. The molecule has 0 radical (unpaired) electrons. The zero-order chi connectivity index (χ0) is 18.3. The lowest BCUT2D eigenvalue weighted by Gasteiger charge is -2.52. The SMILES string of the molecule is CCOC(=O)N1CCC2(CC(N3CCC(N(C(C)=O)C4CC4)CC3)C2)C1. The minimum Gasteiger partial charge on any atom is -0.450 e. The molecule has 2 heterocycles. The van der Waals surface area contributed by atoms with Crippen molar-refractivity contribution in [2.75, 3.05) is 32.8 Å². The molecule has 2 aliphatic heterocycles. The van der Waals surface area contributed by atoms with Crippen LogP contribution in [0.1, 0.15) is 58.8 Å². The zero-order valence-corrected chi connectivity index (χ0v) is 16.3. The van der Waals surface area contributed by atoms with E-state index in [2.05, 4.69) is 9.80 Å². The molecule has 2 saturated carbocycles. The molecule has 1 spiro atoms. The van der Waals surface area contributed by atoms with Gasteiger partial charge in [0, 0.05) is 51.2 Å². The number of ether oxygens (including phenoxy) is 1. The van der Waals surface area contributed by atoms with Gasteiger partial charge in [-0.15, -0.1) is 0 Å². The Hall–Kier alpha value is -1.30. The highest BCUT2D eigenvalue weighted by Crippen LogP contribution is 2.50. The van der Waals surface area contributed by atoms with Crippen LogP contribution in [0.4, 0.5) is 4.79 Å². The first-order chi connectivity index (χ1) is 12.5. The monoisotopic (exact) mass is 363 g/mol. The van der Waals surface area contributed by atoms with Crippen LogP contribution in [0.5, 0.6) is 0 Å². The maximum Gasteiger partial charge on any atom is 0.409 e. The largest absolute Gasteiger partial charge is 0.450 e. The van der Waals surface area contributed by atoms with E-state index in [-0.39, 0.29) is 12.0 Å². The van der Waals surface area contributed by atoms with Gasteiger partial charge in [-0.2, -0.15) is 0 Å². The molecule has 146 valence electrons. The minimum absolute atomic E-state index is 0.141. The van der Waals surface area contributed by atoms with Crippen molar-refractivity contribution < 1.29 is 14.3 Å². The number of amides is 2. The van der Waals surface area contributed by atoms with Crippen LogP contribution in [0.25, 0.3) is 0 Å². The van der Waals surface area contributed by atoms with E-state index in [1.54, 1.807) is 6.92 Å². The molecule has 0 unspecified atom stereocenters. The Balaban J connectivity index is 1.24. The van der Waals surface area contributed by atoms with Crippen LogP contribution in [-0.4, -0.2) is 77.6 Å². The number of carbonyl (C=O) groups excluding carboxylic acids is 2. The molecule has 4 aliphatic rings. The van der Waals surface area contributed by atoms with Crippen molar-refractivity contribution in [1.29, 1.82) is 0 Å². The summed E-state index contributed by atoms with van der Waals surface area (Å²) < 4.78 is 5.15. The smallest absolute Gasteiger partial charge is 0.409 e. The average Bonchev–Trinajstić information content (AvgIpc) is 3.30. The average molecular weight is 364 g/mol. The van der Waals surface area contributed by atoms with E-state index >= 15 is 0 Å². The molecule has 6 nitrogen and oxygen atoms in total. The van der Waals surface area contributed by atoms with Crippen molar-refractivity contribution in [2.45, 2.75) is 76.9 Å². The van der Waals surface area contributed by atoms with Gasteiger partial charge in [0.05, 0.1) is 6.61 Å². The molecule has 0 aromatic carbocycles. The minimum atomic E-state index is -0.141. The van der Waals surface area contributed by atoms with Gasteiger partial charge in [-0.3, -0.25) is 4.79 Å². The maximum absolute atomic E-state index is 12.0. The second-order valence-corrected chi connectivity index (χ2v) is 8.86. The number of rotatable bonds is 4. The van der Waals surface area contributed by atoms with Gasteiger partial charge in [-0.25, -0.2) is 4.79 Å². The highest BCUT2D eigenvalue weighted by Gasteiger charge is 2.51. The lowest BCUT2D eigenvalue weighted by molar-refractivity contribution is -0.133. The van der Waals surface area contributed by atoms with Crippen LogP contribution in [0, 0.1) is 5.41 Å². The molecule has 2 amide bonds. The fourth-order valence-electron chi connectivity index (χ4n) is 5.53. The number of nitrogens with zero attached hydrogens (tertiary/aromatic N) is 3. The van der Waals surface area contributed by atoms with Crippen molar-refractivity contribution in [3.05, 3.63) is 0 Å². The summed E-state index contributed by atoms with van der Waals surface area (Å²) in [6, 6.07) is 1.66. The molecular formula is C20H33N3O3. The summed E-state index contributed by atoms with van der Waals surface area (Å²) in [5.74, 6) is 0.263. The quantitative estimate of drug-likeness (QED) is 0.770. The van der Waals surface area contributed by atoms with Crippen molar-refractivity contribution in [2.24, 2.45) is 5.41 Å². The van der Waals surface area contributed by atoms with Crippen molar-refractivity contribution in [1.82, 2.24) is 14.7 Å². The first-order valence-corrected chi connectivity index (χ1v) is 10.5. The van der Waals surface area contributed by atoms with E-state index in [4.69, 9.17) is 4.74 Å². The first-order valence-electron chi connectivity index (χ1n) is 10.5. The molecule has 26 heavy (non-hydrogen) atoms. The fraction of sp³-hybridized carbons (Fsp3) is 0.900. The molecule has 4 fully saturated rings. The molecule has 0 aromatic heterocycles. The number of hydrogen-bond acceptors (Lipinski definition) is 4. The molecule has 2 saturated heterocycles. The molecule has 0 aromatic rings. The lowest BCUT2D eigenvalue weighted by atomic mass is 9.64. The zero-order valence-electron chi connectivity index (χ0n) is 16.3. The second-order valence-electron chi connectivity index (χ2n) is 8.86. The van der Waals surface area contributed by atoms with Gasteiger partial charge in [-0.1, -0.05) is 0 Å². The second kappa shape index (κ2) is 7.02. The Kier molecular flexibility index (Phi) is 4.88. The predicted molar refractivity (Wildman–Crippen MR) is 98.8 cm³/mol. The number of hydrogen-bond donors (Lipinski definition) is 0. The van der Waals surface area contributed by atoms with E-state index in [1.165, 1.54) is 25.7 Å². The van der Waals surface area contributed by atoms with Crippen molar-refractivity contribution >= 4 is 12.0 Å². The Morgan fingerprint density at radius 3 is 2.31 bits per heavy atom. The summed E-state index contributed by atoms with van der Waals surface area (Å²) in [5.41, 5.74) is 0.341. The summed E-state index contributed by atoms with van der Waals surface area (Å²) in [6.07, 6.45) is 8.04. The van der Waals surface area contributed by atoms with Crippen LogP contribution in [-0.2, 0) is 9.53 Å².